The molecule has 0 radical (unpaired) electrons. The van der Waals surface area contributed by atoms with E-state index >= 15 is 0 Å². The molecule has 1 saturated heterocycles. The molecule has 168 valence electrons. The van der Waals surface area contributed by atoms with Gasteiger partial charge in [0.25, 0.3) is 5.56 Å². The Balaban J connectivity index is 1.26. The van der Waals surface area contributed by atoms with Crippen molar-refractivity contribution in [3.05, 3.63) is 88.1 Å². The number of hydrogen-bond donors (Lipinski definition) is 0. The third-order valence-corrected chi connectivity index (χ3v) is 6.48. The number of aromatic nitrogens is 4. The van der Waals surface area contributed by atoms with Crippen LogP contribution in [0.4, 0.5) is 0 Å². The summed E-state index contributed by atoms with van der Waals surface area (Å²) in [7, 11) is 0. The van der Waals surface area contributed by atoms with E-state index in [1.807, 2.05) is 23.1 Å². The predicted octanol–water partition coefficient (Wildman–Crippen LogP) is 3.72. The highest BCUT2D eigenvalue weighted by Gasteiger charge is 2.24. The van der Waals surface area contributed by atoms with Gasteiger partial charge in [0.2, 0.25) is 5.91 Å². The summed E-state index contributed by atoms with van der Waals surface area (Å²) in [5.41, 5.74) is 2.22. The maximum Gasteiger partial charge on any atom is 0.264 e. The minimum absolute atomic E-state index is 0.0204. The van der Waals surface area contributed by atoms with Crippen LogP contribution in [0, 0.1) is 5.92 Å². The number of carbonyl (C=O) groups is 1. The van der Waals surface area contributed by atoms with Gasteiger partial charge in [-0.25, -0.2) is 9.67 Å². The lowest BCUT2D eigenvalue weighted by atomic mass is 9.90. The zero-order chi connectivity index (χ0) is 22.8. The number of amides is 1. The number of hydrogen-bond acceptors (Lipinski definition) is 4. The van der Waals surface area contributed by atoms with Crippen LogP contribution in [0.25, 0.3) is 16.7 Å². The van der Waals surface area contributed by atoms with E-state index in [-0.39, 0.29) is 18.0 Å². The number of piperidine rings is 1. The van der Waals surface area contributed by atoms with E-state index in [1.165, 1.54) is 22.7 Å². The fourth-order valence-corrected chi connectivity index (χ4v) is 4.62. The summed E-state index contributed by atoms with van der Waals surface area (Å²) in [5.74, 6) is 0.521. The molecule has 33 heavy (non-hydrogen) atoms. The lowest BCUT2D eigenvalue weighted by molar-refractivity contribution is -0.133. The monoisotopic (exact) mass is 461 g/mol. The number of rotatable bonds is 5. The molecular formula is C25H24ClN5O2. The van der Waals surface area contributed by atoms with Crippen molar-refractivity contribution in [3.8, 4) is 5.69 Å². The first kappa shape index (κ1) is 21.4. The van der Waals surface area contributed by atoms with Crippen LogP contribution in [-0.2, 0) is 17.8 Å². The normalized spacial score (nSPS) is 14.6. The number of nitrogens with zero attached hydrogens (tertiary/aromatic N) is 5. The van der Waals surface area contributed by atoms with E-state index in [9.17, 15) is 9.59 Å². The Morgan fingerprint density at radius 3 is 2.61 bits per heavy atom. The topological polar surface area (TPSA) is 73.0 Å². The number of fused-ring (bicyclic) bond motifs is 1. The first-order valence-corrected chi connectivity index (χ1v) is 11.5. The van der Waals surface area contributed by atoms with Gasteiger partial charge in [-0.05, 0) is 48.9 Å². The van der Waals surface area contributed by atoms with Crippen molar-refractivity contribution in [2.75, 3.05) is 13.1 Å². The maximum absolute atomic E-state index is 13.0. The molecule has 2 aromatic carbocycles. The molecular weight excluding hydrogens is 438 g/mol. The van der Waals surface area contributed by atoms with Crippen molar-refractivity contribution < 1.29 is 4.79 Å². The lowest BCUT2D eigenvalue weighted by Gasteiger charge is -2.32. The first-order valence-electron chi connectivity index (χ1n) is 11.1. The Morgan fingerprint density at radius 1 is 1.06 bits per heavy atom. The molecule has 1 fully saturated rings. The molecule has 1 aliphatic rings. The molecule has 0 aliphatic carbocycles. The van der Waals surface area contributed by atoms with Gasteiger partial charge in [0.05, 0.1) is 11.9 Å². The molecule has 0 saturated carbocycles. The smallest absolute Gasteiger partial charge is 0.264 e. The average Bonchev–Trinajstić information content (AvgIpc) is 3.27. The number of likely N-dealkylation sites (tertiary alicyclic amines) is 1. The molecule has 0 atom stereocenters. The molecule has 0 bridgehead atoms. The van der Waals surface area contributed by atoms with Crippen LogP contribution in [-0.4, -0.2) is 43.2 Å². The predicted molar refractivity (Wildman–Crippen MR) is 128 cm³/mol. The average molecular weight is 462 g/mol. The summed E-state index contributed by atoms with van der Waals surface area (Å²) in [6.45, 7) is 1.41. The highest BCUT2D eigenvalue weighted by molar-refractivity contribution is 6.30. The molecule has 5 rings (SSSR count). The molecule has 3 heterocycles. The van der Waals surface area contributed by atoms with Gasteiger partial charge in [0.1, 0.15) is 18.3 Å². The van der Waals surface area contributed by atoms with Gasteiger partial charge in [-0.3, -0.25) is 14.2 Å². The fraction of sp³-hybridized carbons (Fsp3) is 0.280. The van der Waals surface area contributed by atoms with E-state index in [2.05, 4.69) is 34.3 Å². The summed E-state index contributed by atoms with van der Waals surface area (Å²) in [6.07, 6.45) is 5.90. The second kappa shape index (κ2) is 9.19. The van der Waals surface area contributed by atoms with Gasteiger partial charge in [0, 0.05) is 18.1 Å². The SMILES string of the molecule is O=C(Cn1cnc2c(cnn2-c2cccc(Cl)c2)c1=O)N1CCC(Cc2ccccc2)CC1. The summed E-state index contributed by atoms with van der Waals surface area (Å²) in [4.78, 5) is 32.1. The highest BCUT2D eigenvalue weighted by Crippen LogP contribution is 2.22. The Kier molecular flexibility index (Phi) is 5.96. The zero-order valence-corrected chi connectivity index (χ0v) is 18.9. The fourth-order valence-electron chi connectivity index (χ4n) is 4.44. The maximum atomic E-state index is 13.0. The van der Waals surface area contributed by atoms with Gasteiger partial charge >= 0.3 is 0 Å². The van der Waals surface area contributed by atoms with Crippen LogP contribution in [0.5, 0.6) is 0 Å². The molecule has 0 N–H and O–H groups in total. The first-order chi connectivity index (χ1) is 16.1. The van der Waals surface area contributed by atoms with E-state index in [1.54, 1.807) is 16.8 Å². The molecule has 1 aliphatic heterocycles. The van der Waals surface area contributed by atoms with E-state index in [4.69, 9.17) is 11.6 Å². The Morgan fingerprint density at radius 2 is 1.85 bits per heavy atom. The zero-order valence-electron chi connectivity index (χ0n) is 18.1. The van der Waals surface area contributed by atoms with Gasteiger partial charge in [-0.1, -0.05) is 48.0 Å². The molecule has 7 nitrogen and oxygen atoms in total. The van der Waals surface area contributed by atoms with Crippen molar-refractivity contribution in [3.63, 3.8) is 0 Å². The van der Waals surface area contributed by atoms with Gasteiger partial charge < -0.3 is 4.90 Å². The second-order valence-corrected chi connectivity index (χ2v) is 8.90. The summed E-state index contributed by atoms with van der Waals surface area (Å²) in [5, 5.41) is 5.25. The van der Waals surface area contributed by atoms with Gasteiger partial charge in [-0.2, -0.15) is 5.10 Å². The van der Waals surface area contributed by atoms with Crippen molar-refractivity contribution in [1.82, 2.24) is 24.2 Å². The minimum atomic E-state index is -0.277. The number of carbonyl (C=O) groups excluding carboxylic acids is 1. The molecule has 1 amide bonds. The summed E-state index contributed by atoms with van der Waals surface area (Å²) in [6, 6.07) is 17.7. The highest BCUT2D eigenvalue weighted by atomic mass is 35.5. The van der Waals surface area contributed by atoms with Gasteiger partial charge in [0.15, 0.2) is 5.65 Å². The lowest BCUT2D eigenvalue weighted by Crippen LogP contribution is -2.41. The van der Waals surface area contributed by atoms with E-state index < -0.39 is 0 Å². The third kappa shape index (κ3) is 4.54. The number of halogens is 1. The molecule has 2 aromatic heterocycles. The van der Waals surface area contributed by atoms with E-state index in [0.29, 0.717) is 35.1 Å². The molecule has 0 unspecified atom stereocenters. The van der Waals surface area contributed by atoms with Crippen LogP contribution in [0.3, 0.4) is 0 Å². The van der Waals surface area contributed by atoms with Crippen molar-refractivity contribution in [2.45, 2.75) is 25.8 Å². The van der Waals surface area contributed by atoms with Crippen LogP contribution in [0.1, 0.15) is 18.4 Å². The summed E-state index contributed by atoms with van der Waals surface area (Å²) >= 11 is 6.08. The minimum Gasteiger partial charge on any atom is -0.341 e. The van der Waals surface area contributed by atoms with Crippen molar-refractivity contribution >= 4 is 28.5 Å². The Labute approximate surface area is 196 Å². The number of benzene rings is 2. The standard InChI is InChI=1S/C25H24ClN5O2/c26-20-7-4-8-21(14-20)31-24-22(15-28-31)25(33)30(17-27-24)16-23(32)29-11-9-19(10-12-29)13-18-5-2-1-3-6-18/h1-8,14-15,17,19H,9-13,16H2. The third-order valence-electron chi connectivity index (χ3n) is 6.25. The van der Waals surface area contributed by atoms with E-state index in [0.717, 1.165) is 24.9 Å². The largest absolute Gasteiger partial charge is 0.341 e. The van der Waals surface area contributed by atoms with Crippen molar-refractivity contribution in [2.24, 2.45) is 5.92 Å². The van der Waals surface area contributed by atoms with Crippen LogP contribution < -0.4 is 5.56 Å². The quantitative estimate of drug-likeness (QED) is 0.454. The Bertz CT molecular complexity index is 1340. The Hall–Kier alpha value is -3.45. The second-order valence-electron chi connectivity index (χ2n) is 8.47. The van der Waals surface area contributed by atoms with Gasteiger partial charge in [-0.15, -0.1) is 0 Å². The molecule has 4 aromatic rings. The van der Waals surface area contributed by atoms with Crippen LogP contribution in [0.15, 0.2) is 71.9 Å². The van der Waals surface area contributed by atoms with Crippen LogP contribution in [0.2, 0.25) is 5.02 Å². The molecule has 0 spiro atoms. The summed E-state index contributed by atoms with van der Waals surface area (Å²) < 4.78 is 2.94. The van der Waals surface area contributed by atoms with Crippen LogP contribution >= 0.6 is 11.6 Å². The molecule has 8 heteroatoms. The van der Waals surface area contributed by atoms with Crippen molar-refractivity contribution in [1.29, 1.82) is 0 Å².